The maximum Gasteiger partial charge on any atom is 0.336 e. The highest BCUT2D eigenvalue weighted by atomic mass is 32.1. The van der Waals surface area contributed by atoms with Crippen molar-refractivity contribution in [2.45, 2.75) is 13.8 Å². The number of anilines is 1. The average Bonchev–Trinajstić information content (AvgIpc) is 2.80. The number of hydrogen-bond acceptors (Lipinski definition) is 6. The van der Waals surface area contributed by atoms with Gasteiger partial charge < -0.3 is 10.2 Å². The lowest BCUT2D eigenvalue weighted by Gasteiger charge is -2.06. The molecule has 0 atom stereocenters. The van der Waals surface area contributed by atoms with Gasteiger partial charge in [0.1, 0.15) is 5.58 Å². The maximum atomic E-state index is 11.7. The molecule has 0 saturated carbocycles. The third-order valence-electron chi connectivity index (χ3n) is 3.10. The molecule has 2 aromatic heterocycles. The number of aromatic nitrogens is 2. The number of nitrogens with two attached hydrogens (primary N) is 1. The van der Waals surface area contributed by atoms with Crippen molar-refractivity contribution < 1.29 is 4.42 Å². The van der Waals surface area contributed by atoms with E-state index in [0.29, 0.717) is 21.3 Å². The van der Waals surface area contributed by atoms with Crippen LogP contribution in [-0.2, 0) is 0 Å². The van der Waals surface area contributed by atoms with Crippen molar-refractivity contribution >= 4 is 27.4 Å². The summed E-state index contributed by atoms with van der Waals surface area (Å²) in [5, 5.41) is 9.62. The third kappa shape index (κ3) is 1.90. The van der Waals surface area contributed by atoms with Gasteiger partial charge in [-0.25, -0.2) is 4.79 Å². The van der Waals surface area contributed by atoms with Crippen molar-refractivity contribution in [2.75, 3.05) is 5.73 Å². The zero-order chi connectivity index (χ0) is 13.6. The summed E-state index contributed by atoms with van der Waals surface area (Å²) in [5.74, 6) is 0. The second kappa shape index (κ2) is 4.17. The molecule has 0 fully saturated rings. The van der Waals surface area contributed by atoms with E-state index in [0.717, 1.165) is 16.5 Å². The molecule has 5 nitrogen and oxygen atoms in total. The number of nitrogens with zero attached hydrogens (tertiary/aromatic N) is 2. The van der Waals surface area contributed by atoms with Crippen LogP contribution in [0.1, 0.15) is 11.1 Å². The van der Waals surface area contributed by atoms with Gasteiger partial charge >= 0.3 is 5.63 Å². The average molecular weight is 273 g/mol. The molecule has 6 heteroatoms. The molecule has 96 valence electrons. The van der Waals surface area contributed by atoms with Gasteiger partial charge in [0.2, 0.25) is 5.13 Å². The van der Waals surface area contributed by atoms with E-state index in [1.807, 2.05) is 26.0 Å². The molecular formula is C13H11N3O2S. The summed E-state index contributed by atoms with van der Waals surface area (Å²) in [6, 6.07) is 5.34. The molecule has 3 rings (SSSR count). The van der Waals surface area contributed by atoms with E-state index in [-0.39, 0.29) is 0 Å². The van der Waals surface area contributed by atoms with Gasteiger partial charge in [-0.05, 0) is 25.0 Å². The number of benzene rings is 1. The Morgan fingerprint density at radius 3 is 2.74 bits per heavy atom. The van der Waals surface area contributed by atoms with Gasteiger partial charge in [0.05, 0.1) is 0 Å². The van der Waals surface area contributed by atoms with Crippen LogP contribution in [0.2, 0.25) is 0 Å². The predicted octanol–water partition coefficient (Wildman–Crippen LogP) is 2.51. The number of rotatable bonds is 1. The van der Waals surface area contributed by atoms with Crippen LogP contribution in [0, 0.1) is 13.8 Å². The lowest BCUT2D eigenvalue weighted by molar-refractivity contribution is 0.559. The molecule has 0 aliphatic carbocycles. The van der Waals surface area contributed by atoms with Crippen molar-refractivity contribution in [3.05, 3.63) is 39.7 Å². The van der Waals surface area contributed by atoms with E-state index in [1.54, 1.807) is 0 Å². The first-order chi connectivity index (χ1) is 9.06. The second-order valence-corrected chi connectivity index (χ2v) is 5.32. The first-order valence-corrected chi connectivity index (χ1v) is 6.51. The molecule has 0 saturated heterocycles. The fraction of sp³-hybridized carbons (Fsp3) is 0.154. The van der Waals surface area contributed by atoms with Crippen LogP contribution < -0.4 is 11.4 Å². The molecule has 0 bridgehead atoms. The molecular weight excluding hydrogens is 262 g/mol. The zero-order valence-corrected chi connectivity index (χ0v) is 11.2. The molecule has 3 aromatic rings. The van der Waals surface area contributed by atoms with Crippen molar-refractivity contribution in [1.82, 2.24) is 10.2 Å². The SMILES string of the molecule is Cc1ccc2c(-c3nnc(N)s3)cc(=O)oc2c1C. The van der Waals surface area contributed by atoms with E-state index >= 15 is 0 Å². The fourth-order valence-corrected chi connectivity index (χ4v) is 2.62. The van der Waals surface area contributed by atoms with Crippen LogP contribution in [-0.4, -0.2) is 10.2 Å². The normalized spacial score (nSPS) is 11.1. The van der Waals surface area contributed by atoms with E-state index < -0.39 is 5.63 Å². The van der Waals surface area contributed by atoms with Crippen LogP contribution in [0.15, 0.2) is 27.4 Å². The molecule has 1 aromatic carbocycles. The predicted molar refractivity (Wildman–Crippen MR) is 75.3 cm³/mol. The van der Waals surface area contributed by atoms with E-state index in [4.69, 9.17) is 10.2 Å². The summed E-state index contributed by atoms with van der Waals surface area (Å²) in [4.78, 5) is 11.7. The molecule has 0 unspecified atom stereocenters. The smallest absolute Gasteiger partial charge is 0.336 e. The molecule has 19 heavy (non-hydrogen) atoms. The minimum absolute atomic E-state index is 0.375. The standard InChI is InChI=1S/C13H11N3O2S/c1-6-3-4-8-9(12-15-16-13(14)19-12)5-10(17)18-11(8)7(6)2/h3-5H,1-2H3,(H2,14,16). The Kier molecular flexibility index (Phi) is 2.60. The molecule has 2 heterocycles. The molecule has 0 radical (unpaired) electrons. The number of fused-ring (bicyclic) bond motifs is 1. The van der Waals surface area contributed by atoms with E-state index in [1.165, 1.54) is 17.4 Å². The summed E-state index contributed by atoms with van der Waals surface area (Å²) < 4.78 is 5.31. The number of aryl methyl sites for hydroxylation is 2. The highest BCUT2D eigenvalue weighted by molar-refractivity contribution is 7.18. The summed E-state index contributed by atoms with van der Waals surface area (Å²) in [6.07, 6.45) is 0. The van der Waals surface area contributed by atoms with Crippen molar-refractivity contribution in [1.29, 1.82) is 0 Å². The molecule has 0 aliphatic rings. The monoisotopic (exact) mass is 273 g/mol. The molecule has 0 spiro atoms. The number of hydrogen-bond donors (Lipinski definition) is 1. The quantitative estimate of drug-likeness (QED) is 0.689. The van der Waals surface area contributed by atoms with Gasteiger partial charge in [-0.1, -0.05) is 23.5 Å². The Bertz CT molecular complexity index is 836. The van der Waals surface area contributed by atoms with Crippen molar-refractivity contribution in [2.24, 2.45) is 0 Å². The van der Waals surface area contributed by atoms with Crippen LogP contribution >= 0.6 is 11.3 Å². The van der Waals surface area contributed by atoms with Gasteiger partial charge in [-0.15, -0.1) is 10.2 Å². The summed E-state index contributed by atoms with van der Waals surface area (Å²) in [5.41, 5.74) is 8.53. The van der Waals surface area contributed by atoms with E-state index in [9.17, 15) is 4.79 Å². The maximum absolute atomic E-state index is 11.7. The number of nitrogen functional groups attached to an aromatic ring is 1. The molecule has 0 amide bonds. The highest BCUT2D eigenvalue weighted by Gasteiger charge is 2.13. The zero-order valence-electron chi connectivity index (χ0n) is 10.4. The largest absolute Gasteiger partial charge is 0.422 e. The lowest BCUT2D eigenvalue weighted by atomic mass is 10.0. The highest BCUT2D eigenvalue weighted by Crippen LogP contribution is 2.32. The van der Waals surface area contributed by atoms with E-state index in [2.05, 4.69) is 10.2 Å². The Hall–Kier alpha value is -2.21. The third-order valence-corrected chi connectivity index (χ3v) is 3.89. The van der Waals surface area contributed by atoms with Crippen molar-refractivity contribution in [3.63, 3.8) is 0 Å². The summed E-state index contributed by atoms with van der Waals surface area (Å²) in [7, 11) is 0. The van der Waals surface area contributed by atoms with Gasteiger partial charge in [0.15, 0.2) is 5.01 Å². The Morgan fingerprint density at radius 2 is 2.05 bits per heavy atom. The summed E-state index contributed by atoms with van der Waals surface area (Å²) in [6.45, 7) is 3.91. The fourth-order valence-electron chi connectivity index (χ4n) is 1.98. The van der Waals surface area contributed by atoms with Crippen LogP contribution in [0.3, 0.4) is 0 Å². The van der Waals surface area contributed by atoms with Crippen LogP contribution in [0.5, 0.6) is 0 Å². The van der Waals surface area contributed by atoms with Crippen LogP contribution in [0.25, 0.3) is 21.5 Å². The van der Waals surface area contributed by atoms with Gasteiger partial charge in [0, 0.05) is 17.0 Å². The van der Waals surface area contributed by atoms with Gasteiger partial charge in [0.25, 0.3) is 0 Å². The van der Waals surface area contributed by atoms with Crippen molar-refractivity contribution in [3.8, 4) is 10.6 Å². The first-order valence-electron chi connectivity index (χ1n) is 5.69. The topological polar surface area (TPSA) is 82.0 Å². The Balaban J connectivity index is 2.43. The Morgan fingerprint density at radius 1 is 1.26 bits per heavy atom. The summed E-state index contributed by atoms with van der Waals surface area (Å²) >= 11 is 1.25. The molecule has 2 N–H and O–H groups in total. The lowest BCUT2D eigenvalue weighted by Crippen LogP contribution is -1.99. The minimum atomic E-state index is -0.398. The first kappa shape index (κ1) is 11.9. The van der Waals surface area contributed by atoms with Gasteiger partial charge in [-0.3, -0.25) is 0 Å². The minimum Gasteiger partial charge on any atom is -0.422 e. The second-order valence-electron chi connectivity index (χ2n) is 4.31. The van der Waals surface area contributed by atoms with Gasteiger partial charge in [-0.2, -0.15) is 0 Å². The van der Waals surface area contributed by atoms with Crippen LogP contribution in [0.4, 0.5) is 5.13 Å². The molecule has 0 aliphatic heterocycles. The Labute approximate surface area is 112 Å².